The molecule has 1 fully saturated rings. The van der Waals surface area contributed by atoms with Crippen LogP contribution in [0.15, 0.2) is 36.9 Å². The van der Waals surface area contributed by atoms with Crippen molar-refractivity contribution in [1.82, 2.24) is 10.2 Å². The van der Waals surface area contributed by atoms with Crippen molar-refractivity contribution in [2.75, 3.05) is 19.7 Å². The first-order chi connectivity index (χ1) is 10.2. The van der Waals surface area contributed by atoms with Gasteiger partial charge in [-0.3, -0.25) is 0 Å². The van der Waals surface area contributed by atoms with E-state index in [1.165, 1.54) is 0 Å². The highest BCUT2D eigenvalue weighted by molar-refractivity contribution is 5.74. The van der Waals surface area contributed by atoms with Crippen molar-refractivity contribution in [3.63, 3.8) is 0 Å². The normalized spacial score (nSPS) is 18.1. The number of carbonyl (C=O) groups excluding carboxylic acids is 1. The van der Waals surface area contributed by atoms with Gasteiger partial charge in [-0.05, 0) is 18.9 Å². The Hall–Kier alpha value is -2.01. The molecule has 2 amide bonds. The number of nitrogens with one attached hydrogen (secondary N) is 1. The number of carbonyl (C=O) groups is 1. The molecule has 0 aliphatic carbocycles. The van der Waals surface area contributed by atoms with E-state index in [9.17, 15) is 9.90 Å². The van der Waals surface area contributed by atoms with Crippen molar-refractivity contribution in [2.45, 2.75) is 25.5 Å². The Morgan fingerprint density at radius 1 is 1.52 bits per heavy atom. The predicted molar refractivity (Wildman–Crippen MR) is 81.2 cm³/mol. The summed E-state index contributed by atoms with van der Waals surface area (Å²) in [5.41, 5.74) is 0.922. The molecule has 1 aromatic carbocycles. The second-order valence-corrected chi connectivity index (χ2v) is 5.11. The molecular formula is C16H22N2O3. The quantitative estimate of drug-likeness (QED) is 0.814. The van der Waals surface area contributed by atoms with Gasteiger partial charge in [0.15, 0.2) is 0 Å². The van der Waals surface area contributed by atoms with Crippen LogP contribution in [0.25, 0.3) is 0 Å². The van der Waals surface area contributed by atoms with Crippen LogP contribution in [0.2, 0.25) is 0 Å². The third-order valence-corrected chi connectivity index (χ3v) is 3.44. The molecule has 1 atom stereocenters. The Kier molecular flexibility index (Phi) is 5.63. The number of hydrogen-bond acceptors (Lipinski definition) is 3. The maximum absolute atomic E-state index is 12.1. The van der Waals surface area contributed by atoms with Crippen LogP contribution in [-0.2, 0) is 6.54 Å². The maximum atomic E-state index is 12.1. The number of amides is 2. The molecule has 0 spiro atoms. The predicted octanol–water partition coefficient (Wildman–Crippen LogP) is 1.92. The van der Waals surface area contributed by atoms with Gasteiger partial charge in [0.2, 0.25) is 0 Å². The molecule has 2 N–H and O–H groups in total. The van der Waals surface area contributed by atoms with E-state index in [2.05, 4.69) is 11.9 Å². The molecule has 2 rings (SSSR count). The molecule has 0 aromatic heterocycles. The highest BCUT2D eigenvalue weighted by atomic mass is 16.5. The number of rotatable bonds is 5. The first-order valence-corrected chi connectivity index (χ1v) is 7.23. The van der Waals surface area contributed by atoms with E-state index in [0.717, 1.165) is 24.2 Å². The van der Waals surface area contributed by atoms with Gasteiger partial charge in [-0.2, -0.15) is 0 Å². The van der Waals surface area contributed by atoms with Crippen molar-refractivity contribution >= 4 is 6.03 Å². The topological polar surface area (TPSA) is 61.8 Å². The van der Waals surface area contributed by atoms with Crippen LogP contribution in [0, 0.1) is 0 Å². The monoisotopic (exact) mass is 290 g/mol. The van der Waals surface area contributed by atoms with Gasteiger partial charge in [-0.1, -0.05) is 30.9 Å². The number of benzene rings is 1. The van der Waals surface area contributed by atoms with Crippen molar-refractivity contribution in [2.24, 2.45) is 0 Å². The van der Waals surface area contributed by atoms with Gasteiger partial charge in [-0.15, -0.1) is 0 Å². The summed E-state index contributed by atoms with van der Waals surface area (Å²) in [6.45, 7) is 5.55. The molecule has 1 aromatic rings. The first kappa shape index (κ1) is 15.4. The van der Waals surface area contributed by atoms with E-state index in [1.807, 2.05) is 24.3 Å². The minimum Gasteiger partial charge on any atom is -0.489 e. The lowest BCUT2D eigenvalue weighted by atomic mass is 10.1. The average molecular weight is 290 g/mol. The molecule has 1 unspecified atom stereocenters. The fourth-order valence-electron chi connectivity index (χ4n) is 2.36. The Morgan fingerprint density at radius 2 is 2.33 bits per heavy atom. The zero-order valence-corrected chi connectivity index (χ0v) is 12.1. The third-order valence-electron chi connectivity index (χ3n) is 3.44. The van der Waals surface area contributed by atoms with Gasteiger partial charge in [0.05, 0.1) is 6.10 Å². The van der Waals surface area contributed by atoms with Crippen LogP contribution in [0.5, 0.6) is 5.75 Å². The number of nitrogens with zero attached hydrogens (tertiary/aromatic N) is 1. The number of aliphatic hydroxyl groups is 1. The zero-order chi connectivity index (χ0) is 15.1. The third kappa shape index (κ3) is 4.49. The number of piperidine rings is 1. The van der Waals surface area contributed by atoms with Crippen LogP contribution in [0.4, 0.5) is 4.79 Å². The largest absolute Gasteiger partial charge is 0.489 e. The molecule has 21 heavy (non-hydrogen) atoms. The highest BCUT2D eigenvalue weighted by Gasteiger charge is 2.21. The van der Waals surface area contributed by atoms with Crippen molar-refractivity contribution < 1.29 is 14.6 Å². The summed E-state index contributed by atoms with van der Waals surface area (Å²) in [7, 11) is 0. The second-order valence-electron chi connectivity index (χ2n) is 5.11. The minimum absolute atomic E-state index is 0.146. The summed E-state index contributed by atoms with van der Waals surface area (Å²) >= 11 is 0. The van der Waals surface area contributed by atoms with Gasteiger partial charge < -0.3 is 20.1 Å². The summed E-state index contributed by atoms with van der Waals surface area (Å²) < 4.78 is 5.56. The molecule has 5 heteroatoms. The summed E-state index contributed by atoms with van der Waals surface area (Å²) in [6, 6.07) is 7.45. The van der Waals surface area contributed by atoms with E-state index < -0.39 is 6.10 Å². The summed E-state index contributed by atoms with van der Waals surface area (Å²) in [5.74, 6) is 0.747. The Balaban J connectivity index is 1.90. The molecule has 5 nitrogen and oxygen atoms in total. The SMILES string of the molecule is C=CCOc1ccccc1CNC(=O)N1CCCC(O)C1. The second kappa shape index (κ2) is 7.69. The number of hydrogen-bond donors (Lipinski definition) is 2. The van der Waals surface area contributed by atoms with Gasteiger partial charge >= 0.3 is 6.03 Å². The number of aliphatic hydroxyl groups excluding tert-OH is 1. The van der Waals surface area contributed by atoms with Crippen LogP contribution in [-0.4, -0.2) is 41.8 Å². The standard InChI is InChI=1S/C16H22N2O3/c1-2-10-21-15-8-4-3-6-13(15)11-17-16(20)18-9-5-7-14(19)12-18/h2-4,6,8,14,19H,1,5,7,9-12H2,(H,17,20). The number of β-amino-alcohol motifs (C(OH)–C–C–N with tert-alkyl or cyclic N) is 1. The van der Waals surface area contributed by atoms with Gasteiger partial charge in [-0.25, -0.2) is 4.79 Å². The van der Waals surface area contributed by atoms with Gasteiger partial charge in [0, 0.05) is 25.2 Å². The van der Waals surface area contributed by atoms with E-state index in [-0.39, 0.29) is 6.03 Å². The van der Waals surface area contributed by atoms with Crippen molar-refractivity contribution in [3.8, 4) is 5.75 Å². The molecule has 1 aliphatic heterocycles. The number of para-hydroxylation sites is 1. The molecule has 0 radical (unpaired) electrons. The van der Waals surface area contributed by atoms with Crippen molar-refractivity contribution in [3.05, 3.63) is 42.5 Å². The summed E-state index contributed by atoms with van der Waals surface area (Å²) in [4.78, 5) is 13.7. The molecule has 1 heterocycles. The fraction of sp³-hybridized carbons (Fsp3) is 0.438. The van der Waals surface area contributed by atoms with Crippen LogP contribution in [0.1, 0.15) is 18.4 Å². The Morgan fingerprint density at radius 3 is 3.10 bits per heavy atom. The lowest BCUT2D eigenvalue weighted by molar-refractivity contribution is 0.0841. The molecular weight excluding hydrogens is 268 g/mol. The maximum Gasteiger partial charge on any atom is 0.317 e. The number of ether oxygens (including phenoxy) is 1. The van der Waals surface area contributed by atoms with E-state index >= 15 is 0 Å². The van der Waals surface area contributed by atoms with E-state index in [1.54, 1.807) is 11.0 Å². The molecule has 0 saturated carbocycles. The van der Waals surface area contributed by atoms with E-state index in [4.69, 9.17) is 4.74 Å². The molecule has 1 aliphatic rings. The van der Waals surface area contributed by atoms with Gasteiger partial charge in [0.25, 0.3) is 0 Å². The lowest BCUT2D eigenvalue weighted by Crippen LogP contribution is -2.46. The lowest BCUT2D eigenvalue weighted by Gasteiger charge is -2.30. The minimum atomic E-state index is -0.410. The Bertz CT molecular complexity index is 490. The summed E-state index contributed by atoms with van der Waals surface area (Å²) in [5, 5.41) is 12.5. The van der Waals surface area contributed by atoms with Crippen molar-refractivity contribution in [1.29, 1.82) is 0 Å². The number of urea groups is 1. The highest BCUT2D eigenvalue weighted by Crippen LogP contribution is 2.18. The fourth-order valence-corrected chi connectivity index (χ4v) is 2.36. The van der Waals surface area contributed by atoms with E-state index in [0.29, 0.717) is 26.2 Å². The number of likely N-dealkylation sites (tertiary alicyclic amines) is 1. The van der Waals surface area contributed by atoms with Gasteiger partial charge in [0.1, 0.15) is 12.4 Å². The van der Waals surface area contributed by atoms with Crippen LogP contribution >= 0.6 is 0 Å². The smallest absolute Gasteiger partial charge is 0.317 e. The Labute approximate surface area is 125 Å². The van der Waals surface area contributed by atoms with Crippen LogP contribution < -0.4 is 10.1 Å². The first-order valence-electron chi connectivity index (χ1n) is 7.23. The molecule has 114 valence electrons. The zero-order valence-electron chi connectivity index (χ0n) is 12.1. The molecule has 0 bridgehead atoms. The summed E-state index contributed by atoms with van der Waals surface area (Å²) in [6.07, 6.45) is 2.88. The molecule has 1 saturated heterocycles. The van der Waals surface area contributed by atoms with Crippen LogP contribution in [0.3, 0.4) is 0 Å². The average Bonchev–Trinajstić information content (AvgIpc) is 2.51.